The van der Waals surface area contributed by atoms with Gasteiger partial charge in [0.1, 0.15) is 11.8 Å². The fourth-order valence-electron chi connectivity index (χ4n) is 1.16. The maximum absolute atomic E-state index is 8.82. The van der Waals surface area contributed by atoms with Gasteiger partial charge in [0.05, 0.1) is 5.69 Å². The molecule has 1 aromatic rings. The quantitative estimate of drug-likeness (QED) is 0.713. The van der Waals surface area contributed by atoms with E-state index in [0.717, 1.165) is 11.3 Å². The highest BCUT2D eigenvalue weighted by Crippen LogP contribution is 2.19. The van der Waals surface area contributed by atoms with Crippen molar-refractivity contribution in [1.29, 1.82) is 5.26 Å². The predicted molar refractivity (Wildman–Crippen MR) is 56.0 cm³/mol. The molecule has 0 saturated carbocycles. The molecule has 0 bridgehead atoms. The van der Waals surface area contributed by atoms with Crippen LogP contribution in [0.5, 0.6) is 0 Å². The average molecular weight is 187 g/mol. The Morgan fingerprint density at radius 1 is 1.29 bits per heavy atom. The Morgan fingerprint density at radius 3 is 2.36 bits per heavy atom. The number of pyridine rings is 1. The molecular formula is C12H15N2. The topological polar surface area (TPSA) is 36.7 Å². The van der Waals surface area contributed by atoms with Crippen LogP contribution in [0.4, 0.5) is 0 Å². The zero-order valence-corrected chi connectivity index (χ0v) is 9.13. The molecule has 73 valence electrons. The minimum Gasteiger partial charge on any atom is -0.241 e. The first kappa shape index (κ1) is 10.7. The van der Waals surface area contributed by atoms with Crippen LogP contribution >= 0.6 is 0 Å². The van der Waals surface area contributed by atoms with Crippen LogP contribution in [-0.4, -0.2) is 4.98 Å². The van der Waals surface area contributed by atoms with Gasteiger partial charge in [-0.2, -0.15) is 5.26 Å². The van der Waals surface area contributed by atoms with Gasteiger partial charge in [-0.15, -0.1) is 0 Å². The lowest BCUT2D eigenvalue weighted by Gasteiger charge is -2.09. The van der Waals surface area contributed by atoms with Gasteiger partial charge in [-0.05, 0) is 23.5 Å². The van der Waals surface area contributed by atoms with Crippen LogP contribution in [0.3, 0.4) is 0 Å². The van der Waals surface area contributed by atoms with Gasteiger partial charge in [0.2, 0.25) is 0 Å². The van der Waals surface area contributed by atoms with Crippen molar-refractivity contribution in [2.75, 3.05) is 0 Å². The van der Waals surface area contributed by atoms with E-state index in [9.17, 15) is 0 Å². The Labute approximate surface area is 85.6 Å². The monoisotopic (exact) mass is 187 g/mol. The van der Waals surface area contributed by atoms with Crippen molar-refractivity contribution < 1.29 is 0 Å². The van der Waals surface area contributed by atoms with E-state index in [0.29, 0.717) is 17.5 Å². The van der Waals surface area contributed by atoms with Crippen molar-refractivity contribution in [3.8, 4) is 6.07 Å². The molecule has 1 aromatic heterocycles. The Balaban J connectivity index is 3.22. The van der Waals surface area contributed by atoms with Crippen LogP contribution in [0.15, 0.2) is 6.07 Å². The van der Waals surface area contributed by atoms with E-state index in [1.807, 2.05) is 6.07 Å². The van der Waals surface area contributed by atoms with Crippen LogP contribution in [0, 0.1) is 17.4 Å². The minimum atomic E-state index is 0.320. The molecule has 0 amide bonds. The van der Waals surface area contributed by atoms with Crippen LogP contribution in [-0.2, 0) is 0 Å². The smallest absolute Gasteiger partial charge is 0.141 e. The second-order valence-electron chi connectivity index (χ2n) is 4.03. The number of hydrogen-bond donors (Lipinski definition) is 0. The van der Waals surface area contributed by atoms with Crippen molar-refractivity contribution in [1.82, 2.24) is 4.98 Å². The number of aromatic nitrogens is 1. The number of hydrogen-bond acceptors (Lipinski definition) is 2. The largest absolute Gasteiger partial charge is 0.241 e. The summed E-state index contributed by atoms with van der Waals surface area (Å²) in [5.41, 5.74) is 2.45. The van der Waals surface area contributed by atoms with E-state index in [1.54, 1.807) is 0 Å². The molecule has 0 fully saturated rings. The van der Waals surface area contributed by atoms with Crippen molar-refractivity contribution >= 4 is 0 Å². The highest BCUT2D eigenvalue weighted by molar-refractivity contribution is 5.30. The summed E-state index contributed by atoms with van der Waals surface area (Å²) < 4.78 is 0. The fraction of sp³-hybridized carbons (Fsp3) is 0.500. The summed E-state index contributed by atoms with van der Waals surface area (Å²) in [5, 5.41) is 8.82. The molecule has 2 heteroatoms. The lowest BCUT2D eigenvalue weighted by atomic mass is 9.99. The van der Waals surface area contributed by atoms with Crippen molar-refractivity contribution in [2.24, 2.45) is 0 Å². The van der Waals surface area contributed by atoms with Crippen LogP contribution in [0.2, 0.25) is 0 Å². The molecule has 1 rings (SSSR count). The van der Waals surface area contributed by atoms with E-state index in [2.05, 4.69) is 44.8 Å². The van der Waals surface area contributed by atoms with Gasteiger partial charge in [0, 0.05) is 6.07 Å². The molecule has 0 aliphatic carbocycles. The average Bonchev–Trinajstić information content (AvgIpc) is 2.16. The van der Waals surface area contributed by atoms with E-state index in [-0.39, 0.29) is 0 Å². The molecule has 0 aromatic carbocycles. The third-order valence-electron chi connectivity index (χ3n) is 2.09. The highest BCUT2D eigenvalue weighted by atomic mass is 14.7. The maximum Gasteiger partial charge on any atom is 0.141 e. The van der Waals surface area contributed by atoms with E-state index < -0.39 is 0 Å². The third-order valence-corrected chi connectivity index (χ3v) is 2.09. The summed E-state index contributed by atoms with van der Waals surface area (Å²) in [6.07, 6.45) is 0. The molecule has 2 nitrogen and oxygen atoms in total. The molecule has 0 N–H and O–H groups in total. The predicted octanol–water partition coefficient (Wildman–Crippen LogP) is 3.00. The second-order valence-corrected chi connectivity index (χ2v) is 4.03. The van der Waals surface area contributed by atoms with Crippen molar-refractivity contribution in [3.05, 3.63) is 29.1 Å². The molecule has 0 atom stereocenters. The van der Waals surface area contributed by atoms with Gasteiger partial charge >= 0.3 is 0 Å². The second kappa shape index (κ2) is 4.23. The zero-order chi connectivity index (χ0) is 10.7. The van der Waals surface area contributed by atoms with Gasteiger partial charge in [-0.3, -0.25) is 0 Å². The molecule has 1 radical (unpaired) electrons. The standard InChI is InChI=1S/C12H15N2/c1-8(2)10-5-11(7-13)14-12(6-10)9(3)4/h5,8-9H,1-4H3. The first-order valence-electron chi connectivity index (χ1n) is 4.88. The Morgan fingerprint density at radius 2 is 1.93 bits per heavy atom. The van der Waals surface area contributed by atoms with Gasteiger partial charge in [0.25, 0.3) is 0 Å². The Hall–Kier alpha value is -1.36. The molecule has 0 spiro atoms. The Kier molecular flexibility index (Phi) is 3.24. The maximum atomic E-state index is 8.82. The summed E-state index contributed by atoms with van der Waals surface area (Å²) >= 11 is 0. The summed E-state index contributed by atoms with van der Waals surface area (Å²) in [4.78, 5) is 4.22. The van der Waals surface area contributed by atoms with E-state index >= 15 is 0 Å². The molecule has 0 unspecified atom stereocenters. The van der Waals surface area contributed by atoms with Crippen molar-refractivity contribution in [3.63, 3.8) is 0 Å². The molecule has 14 heavy (non-hydrogen) atoms. The molecular weight excluding hydrogens is 172 g/mol. The zero-order valence-electron chi connectivity index (χ0n) is 9.13. The molecule has 0 aliphatic rings. The molecule has 0 aliphatic heterocycles. The molecule has 0 saturated heterocycles. The number of rotatable bonds is 2. The van der Waals surface area contributed by atoms with Gasteiger partial charge < -0.3 is 0 Å². The fourth-order valence-corrected chi connectivity index (χ4v) is 1.16. The van der Waals surface area contributed by atoms with E-state index in [1.165, 1.54) is 0 Å². The lowest BCUT2D eigenvalue weighted by Crippen LogP contribution is -2.00. The first-order valence-corrected chi connectivity index (χ1v) is 4.88. The van der Waals surface area contributed by atoms with Crippen LogP contribution in [0.25, 0.3) is 0 Å². The van der Waals surface area contributed by atoms with Gasteiger partial charge in [-0.1, -0.05) is 27.7 Å². The SMILES string of the molecule is CC(C)c1[c]c(C(C)C)nc(C#N)c1. The summed E-state index contributed by atoms with van der Waals surface area (Å²) in [7, 11) is 0. The van der Waals surface area contributed by atoms with Crippen LogP contribution < -0.4 is 0 Å². The van der Waals surface area contributed by atoms with E-state index in [4.69, 9.17) is 5.26 Å². The summed E-state index contributed by atoms with van der Waals surface area (Å²) in [6.45, 7) is 8.31. The van der Waals surface area contributed by atoms with Gasteiger partial charge in [0.15, 0.2) is 0 Å². The number of nitrogens with zero attached hydrogens (tertiary/aromatic N) is 2. The summed E-state index contributed by atoms with van der Waals surface area (Å²) in [5.74, 6) is 0.711. The van der Waals surface area contributed by atoms with Crippen LogP contribution in [0.1, 0.15) is 56.5 Å². The summed E-state index contributed by atoms with van der Waals surface area (Å²) in [6, 6.07) is 7.16. The minimum absolute atomic E-state index is 0.320. The van der Waals surface area contributed by atoms with Crippen molar-refractivity contribution in [2.45, 2.75) is 39.5 Å². The Bertz CT molecular complexity index is 333. The number of nitriles is 1. The molecule has 1 heterocycles. The normalized spacial score (nSPS) is 10.6. The highest BCUT2D eigenvalue weighted by Gasteiger charge is 2.08. The first-order chi connectivity index (χ1) is 6.54. The van der Waals surface area contributed by atoms with Gasteiger partial charge in [-0.25, -0.2) is 4.98 Å². The lowest BCUT2D eigenvalue weighted by molar-refractivity contribution is 0.793. The third kappa shape index (κ3) is 2.32.